The van der Waals surface area contributed by atoms with E-state index < -0.39 is 23.5 Å². The minimum absolute atomic E-state index is 0.000124. The SMILES string of the molecule is CC(C)c1cccc2ccc(C(N3CC(C)(C)C(=O)N3)C(F)(F)F)cc12. The minimum Gasteiger partial charge on any atom is -0.287 e. The monoisotopic (exact) mass is 364 g/mol. The largest absolute Gasteiger partial charge is 0.409 e. The maximum atomic E-state index is 13.9. The van der Waals surface area contributed by atoms with Crippen LogP contribution < -0.4 is 5.43 Å². The van der Waals surface area contributed by atoms with Crippen LogP contribution in [0.25, 0.3) is 10.8 Å². The van der Waals surface area contributed by atoms with E-state index in [1.165, 1.54) is 6.07 Å². The first-order chi connectivity index (χ1) is 12.0. The van der Waals surface area contributed by atoms with Gasteiger partial charge in [0.1, 0.15) is 6.04 Å². The van der Waals surface area contributed by atoms with Crippen LogP contribution in [0.2, 0.25) is 0 Å². The average molecular weight is 364 g/mol. The molecule has 6 heteroatoms. The number of alkyl halides is 3. The van der Waals surface area contributed by atoms with Crippen LogP contribution in [0.5, 0.6) is 0 Å². The van der Waals surface area contributed by atoms with Crippen LogP contribution >= 0.6 is 0 Å². The molecule has 0 spiro atoms. The van der Waals surface area contributed by atoms with E-state index in [0.717, 1.165) is 21.3 Å². The zero-order valence-electron chi connectivity index (χ0n) is 15.3. The standard InChI is InChI=1S/C20H23F3N2O/c1-12(2)15-7-5-6-13-8-9-14(10-16(13)15)17(20(21,22)23)25-11-19(3,4)18(26)24-25/h5-10,12,17H,11H2,1-4H3,(H,24,26). The lowest BCUT2D eigenvalue weighted by atomic mass is 9.92. The summed E-state index contributed by atoms with van der Waals surface area (Å²) in [5.74, 6) is -0.195. The highest BCUT2D eigenvalue weighted by molar-refractivity contribution is 5.87. The molecule has 1 fully saturated rings. The molecule has 1 saturated heterocycles. The Morgan fingerprint density at radius 2 is 1.85 bits per heavy atom. The number of hydrogen-bond acceptors (Lipinski definition) is 2. The molecule has 0 aromatic heterocycles. The van der Waals surface area contributed by atoms with Gasteiger partial charge in [0, 0.05) is 6.54 Å². The summed E-state index contributed by atoms with van der Waals surface area (Å²) in [6.07, 6.45) is -4.51. The van der Waals surface area contributed by atoms with Crippen LogP contribution in [-0.2, 0) is 4.79 Å². The third-order valence-corrected chi connectivity index (χ3v) is 4.92. The van der Waals surface area contributed by atoms with Gasteiger partial charge in [0.05, 0.1) is 5.41 Å². The molecule has 1 amide bonds. The van der Waals surface area contributed by atoms with Crippen LogP contribution in [0.15, 0.2) is 36.4 Å². The second-order valence-electron chi connectivity index (χ2n) is 7.88. The third-order valence-electron chi connectivity index (χ3n) is 4.92. The average Bonchev–Trinajstić information content (AvgIpc) is 2.78. The second kappa shape index (κ2) is 6.27. The van der Waals surface area contributed by atoms with Gasteiger partial charge in [-0.1, -0.05) is 44.2 Å². The minimum atomic E-state index is -4.51. The van der Waals surface area contributed by atoms with Crippen molar-refractivity contribution in [2.45, 2.75) is 45.8 Å². The maximum absolute atomic E-state index is 13.9. The summed E-state index contributed by atoms with van der Waals surface area (Å²) >= 11 is 0. The van der Waals surface area contributed by atoms with Crippen LogP contribution in [0.3, 0.4) is 0 Å². The molecule has 26 heavy (non-hydrogen) atoms. The molecule has 3 nitrogen and oxygen atoms in total. The molecule has 3 rings (SSSR count). The quantitative estimate of drug-likeness (QED) is 0.837. The Labute approximate surface area is 151 Å². The number of nitrogens with one attached hydrogen (secondary N) is 1. The molecule has 1 unspecified atom stereocenters. The van der Waals surface area contributed by atoms with Crippen molar-refractivity contribution in [2.24, 2.45) is 5.41 Å². The normalized spacial score (nSPS) is 19.2. The van der Waals surface area contributed by atoms with Crippen molar-refractivity contribution in [1.29, 1.82) is 0 Å². The third kappa shape index (κ3) is 3.30. The molecule has 1 aliphatic heterocycles. The van der Waals surface area contributed by atoms with Gasteiger partial charge in [-0.3, -0.25) is 10.2 Å². The summed E-state index contributed by atoms with van der Waals surface area (Å²) in [6, 6.07) is 8.72. The highest BCUT2D eigenvalue weighted by atomic mass is 19.4. The van der Waals surface area contributed by atoms with Gasteiger partial charge in [-0.2, -0.15) is 13.2 Å². The number of hydrazine groups is 1. The molecule has 140 valence electrons. The molecule has 1 N–H and O–H groups in total. The summed E-state index contributed by atoms with van der Waals surface area (Å²) in [5.41, 5.74) is 2.70. The number of hydrogen-bond donors (Lipinski definition) is 1. The molecule has 1 aliphatic rings. The number of carbonyl (C=O) groups excluding carboxylic acids is 1. The maximum Gasteiger partial charge on any atom is 0.409 e. The molecule has 0 bridgehead atoms. The van der Waals surface area contributed by atoms with Gasteiger partial charge in [-0.15, -0.1) is 0 Å². The lowest BCUT2D eigenvalue weighted by Gasteiger charge is -2.30. The van der Waals surface area contributed by atoms with Crippen molar-refractivity contribution in [3.8, 4) is 0 Å². The first-order valence-corrected chi connectivity index (χ1v) is 8.68. The van der Waals surface area contributed by atoms with Crippen molar-refractivity contribution >= 4 is 16.7 Å². The fourth-order valence-electron chi connectivity index (χ4n) is 3.51. The van der Waals surface area contributed by atoms with Crippen molar-refractivity contribution < 1.29 is 18.0 Å². The van der Waals surface area contributed by atoms with Crippen molar-refractivity contribution in [3.63, 3.8) is 0 Å². The number of carbonyl (C=O) groups is 1. The summed E-state index contributed by atoms with van der Waals surface area (Å²) in [4.78, 5) is 12.0. The Morgan fingerprint density at radius 1 is 1.15 bits per heavy atom. The second-order valence-corrected chi connectivity index (χ2v) is 7.88. The van der Waals surface area contributed by atoms with Crippen LogP contribution in [-0.4, -0.2) is 23.6 Å². The predicted octanol–water partition coefficient (Wildman–Crippen LogP) is 4.94. The lowest BCUT2D eigenvalue weighted by Crippen LogP contribution is -2.43. The summed E-state index contributed by atoms with van der Waals surface area (Å²) in [5, 5.41) is 2.74. The Morgan fingerprint density at radius 3 is 2.38 bits per heavy atom. The summed E-state index contributed by atoms with van der Waals surface area (Å²) < 4.78 is 41.7. The Balaban J connectivity index is 2.11. The van der Waals surface area contributed by atoms with E-state index in [9.17, 15) is 18.0 Å². The van der Waals surface area contributed by atoms with Crippen molar-refractivity contribution in [2.75, 3.05) is 6.54 Å². The van der Waals surface area contributed by atoms with E-state index >= 15 is 0 Å². The molecule has 1 atom stereocenters. The first kappa shape index (κ1) is 18.7. The van der Waals surface area contributed by atoms with E-state index in [2.05, 4.69) is 5.43 Å². The zero-order valence-corrected chi connectivity index (χ0v) is 15.3. The van der Waals surface area contributed by atoms with Gasteiger partial charge in [0.15, 0.2) is 0 Å². The topological polar surface area (TPSA) is 32.3 Å². The molecule has 0 saturated carbocycles. The molecule has 0 aliphatic carbocycles. The Kier molecular flexibility index (Phi) is 4.51. The number of amides is 1. The number of rotatable bonds is 3. The van der Waals surface area contributed by atoms with Crippen LogP contribution in [0, 0.1) is 5.41 Å². The molecule has 2 aromatic carbocycles. The fraction of sp³-hybridized carbons (Fsp3) is 0.450. The van der Waals surface area contributed by atoms with Crippen LogP contribution in [0.1, 0.15) is 50.8 Å². The van der Waals surface area contributed by atoms with Gasteiger partial charge >= 0.3 is 6.18 Å². The highest BCUT2D eigenvalue weighted by Gasteiger charge is 2.51. The Bertz CT molecular complexity index is 843. The van der Waals surface area contributed by atoms with Gasteiger partial charge in [-0.25, -0.2) is 5.01 Å². The molecule has 1 heterocycles. The lowest BCUT2D eigenvalue weighted by molar-refractivity contribution is -0.191. The number of fused-ring (bicyclic) bond motifs is 1. The van der Waals surface area contributed by atoms with E-state index in [1.807, 2.05) is 32.0 Å². The zero-order chi connectivity index (χ0) is 19.3. The first-order valence-electron chi connectivity index (χ1n) is 8.68. The Hall–Kier alpha value is -2.08. The number of halogens is 3. The summed E-state index contributed by atoms with van der Waals surface area (Å²) in [7, 11) is 0. The van der Waals surface area contributed by atoms with E-state index in [-0.39, 0.29) is 18.0 Å². The molecule has 2 aromatic rings. The van der Waals surface area contributed by atoms with Crippen LogP contribution in [0.4, 0.5) is 13.2 Å². The summed E-state index contributed by atoms with van der Waals surface area (Å²) in [6.45, 7) is 7.33. The van der Waals surface area contributed by atoms with Gasteiger partial charge in [0.25, 0.3) is 0 Å². The predicted molar refractivity (Wildman–Crippen MR) is 95.5 cm³/mol. The fourth-order valence-corrected chi connectivity index (χ4v) is 3.51. The number of nitrogens with zero attached hydrogens (tertiary/aromatic N) is 1. The van der Waals surface area contributed by atoms with Crippen molar-refractivity contribution in [1.82, 2.24) is 10.4 Å². The van der Waals surface area contributed by atoms with Gasteiger partial charge < -0.3 is 0 Å². The van der Waals surface area contributed by atoms with Gasteiger partial charge in [-0.05, 0) is 47.7 Å². The van der Waals surface area contributed by atoms with E-state index in [0.29, 0.717) is 0 Å². The number of benzene rings is 2. The van der Waals surface area contributed by atoms with Crippen molar-refractivity contribution in [3.05, 3.63) is 47.5 Å². The smallest absolute Gasteiger partial charge is 0.287 e. The molecular formula is C20H23F3N2O. The molecule has 0 radical (unpaired) electrons. The van der Waals surface area contributed by atoms with E-state index in [1.54, 1.807) is 26.0 Å². The highest BCUT2D eigenvalue weighted by Crippen LogP contribution is 2.41. The van der Waals surface area contributed by atoms with Gasteiger partial charge in [0.2, 0.25) is 5.91 Å². The van der Waals surface area contributed by atoms with E-state index in [4.69, 9.17) is 0 Å². The molecular weight excluding hydrogens is 341 g/mol.